The molecule has 3 unspecified atom stereocenters. The topological polar surface area (TPSA) is 30.5 Å². The van der Waals surface area contributed by atoms with Gasteiger partial charge in [0.05, 0.1) is 13.1 Å². The van der Waals surface area contributed by atoms with Crippen molar-refractivity contribution in [3.63, 3.8) is 0 Å². The van der Waals surface area contributed by atoms with Gasteiger partial charge in [0.2, 0.25) is 0 Å². The van der Waals surface area contributed by atoms with Gasteiger partial charge in [0.15, 0.2) is 0 Å². The Morgan fingerprint density at radius 2 is 1.88 bits per heavy atom. The van der Waals surface area contributed by atoms with Crippen LogP contribution in [0.4, 0.5) is 4.39 Å². The first-order chi connectivity index (χ1) is 7.66. The molecule has 1 saturated heterocycles. The number of halogens is 1. The number of likely N-dealkylation sites (tertiary alicyclic amines) is 1. The van der Waals surface area contributed by atoms with Crippen LogP contribution in [-0.2, 0) is 0 Å². The molecule has 2 rings (SSSR count). The van der Waals surface area contributed by atoms with Gasteiger partial charge in [-0.1, -0.05) is 6.92 Å². The highest BCUT2D eigenvalue weighted by Gasteiger charge is 2.32. The predicted octanol–water partition coefficient (Wildman–Crippen LogP) is 1.11. The lowest BCUT2D eigenvalue weighted by Gasteiger charge is -2.37. The number of rotatable bonds is 2. The van der Waals surface area contributed by atoms with E-state index in [0.717, 1.165) is 31.6 Å². The van der Waals surface area contributed by atoms with Crippen molar-refractivity contribution in [2.75, 3.05) is 13.1 Å². The Morgan fingerprint density at radius 3 is 2.56 bits per heavy atom. The fraction of sp³-hybridized carbons (Fsp3) is 1.00. The van der Waals surface area contributed by atoms with E-state index in [1.54, 1.807) is 4.90 Å². The molecule has 3 atom stereocenters. The van der Waals surface area contributed by atoms with Crippen LogP contribution in [0.5, 0.6) is 0 Å². The van der Waals surface area contributed by atoms with Gasteiger partial charge in [0.25, 0.3) is 0 Å². The van der Waals surface area contributed by atoms with Gasteiger partial charge >= 0.3 is 0 Å². The van der Waals surface area contributed by atoms with Crippen LogP contribution in [0.3, 0.4) is 0 Å². The standard InChI is InChI=1S/C13H25FN2/c1-10-3-2-8-16(13(10)15)9-11-4-6-12(14)7-5-11/h10-13H,2-9,15H2,1H3/p+1. The minimum atomic E-state index is -0.528. The lowest BCUT2D eigenvalue weighted by Crippen LogP contribution is -3.19. The summed E-state index contributed by atoms with van der Waals surface area (Å²) in [6.45, 7) is 4.67. The van der Waals surface area contributed by atoms with Crippen LogP contribution in [-0.4, -0.2) is 25.4 Å². The summed E-state index contributed by atoms with van der Waals surface area (Å²) in [5, 5.41) is 0. The van der Waals surface area contributed by atoms with E-state index in [1.807, 2.05) is 0 Å². The molecule has 3 heteroatoms. The summed E-state index contributed by atoms with van der Waals surface area (Å²) in [5.74, 6) is 1.37. The lowest BCUT2D eigenvalue weighted by molar-refractivity contribution is -0.937. The molecule has 94 valence electrons. The van der Waals surface area contributed by atoms with Gasteiger partial charge in [-0.15, -0.1) is 0 Å². The van der Waals surface area contributed by atoms with Crippen molar-refractivity contribution in [3.8, 4) is 0 Å². The minimum Gasteiger partial charge on any atom is -0.320 e. The van der Waals surface area contributed by atoms with E-state index >= 15 is 0 Å². The molecule has 0 amide bonds. The first-order valence-corrected chi connectivity index (χ1v) is 6.91. The van der Waals surface area contributed by atoms with Gasteiger partial charge in [-0.25, -0.2) is 4.39 Å². The van der Waals surface area contributed by atoms with Crippen molar-refractivity contribution >= 4 is 0 Å². The smallest absolute Gasteiger partial charge is 0.141 e. The number of nitrogens with one attached hydrogen (secondary N) is 1. The van der Waals surface area contributed by atoms with Crippen LogP contribution in [0, 0.1) is 11.8 Å². The maximum atomic E-state index is 13.0. The van der Waals surface area contributed by atoms with Crippen molar-refractivity contribution in [2.45, 2.75) is 57.8 Å². The van der Waals surface area contributed by atoms with Crippen molar-refractivity contribution in [1.29, 1.82) is 0 Å². The van der Waals surface area contributed by atoms with Gasteiger partial charge in [0, 0.05) is 11.8 Å². The Bertz CT molecular complexity index is 214. The Hall–Kier alpha value is -0.150. The highest BCUT2D eigenvalue weighted by Crippen LogP contribution is 2.25. The second kappa shape index (κ2) is 5.46. The molecule has 1 aliphatic carbocycles. The highest BCUT2D eigenvalue weighted by atomic mass is 19.1. The largest absolute Gasteiger partial charge is 0.320 e. The summed E-state index contributed by atoms with van der Waals surface area (Å²) in [7, 11) is 0. The molecular weight excluding hydrogens is 203 g/mol. The molecule has 3 N–H and O–H groups in total. The van der Waals surface area contributed by atoms with Crippen LogP contribution in [0.2, 0.25) is 0 Å². The molecule has 16 heavy (non-hydrogen) atoms. The monoisotopic (exact) mass is 229 g/mol. The van der Waals surface area contributed by atoms with Gasteiger partial charge in [-0.2, -0.15) is 0 Å². The second-order valence-electron chi connectivity index (χ2n) is 5.88. The van der Waals surface area contributed by atoms with Crippen LogP contribution in [0.25, 0.3) is 0 Å². The van der Waals surface area contributed by atoms with Crippen LogP contribution in [0.15, 0.2) is 0 Å². The Balaban J connectivity index is 1.80. The summed E-state index contributed by atoms with van der Waals surface area (Å²) in [5.41, 5.74) is 6.26. The number of nitrogens with two attached hydrogens (primary N) is 1. The lowest BCUT2D eigenvalue weighted by atomic mass is 9.86. The van der Waals surface area contributed by atoms with Crippen LogP contribution < -0.4 is 10.6 Å². The molecule has 0 bridgehead atoms. The maximum Gasteiger partial charge on any atom is 0.141 e. The number of quaternary nitrogens is 1. The van der Waals surface area contributed by atoms with E-state index < -0.39 is 6.17 Å². The fourth-order valence-corrected chi connectivity index (χ4v) is 3.33. The zero-order valence-electron chi connectivity index (χ0n) is 10.4. The molecule has 1 heterocycles. The average Bonchev–Trinajstić information content (AvgIpc) is 2.28. The Morgan fingerprint density at radius 1 is 1.19 bits per heavy atom. The molecule has 2 fully saturated rings. The molecule has 0 aromatic heterocycles. The molecule has 0 aromatic rings. The van der Waals surface area contributed by atoms with Crippen molar-refractivity contribution in [1.82, 2.24) is 0 Å². The summed E-state index contributed by atoms with van der Waals surface area (Å²) in [4.78, 5) is 1.57. The van der Waals surface area contributed by atoms with Crippen molar-refractivity contribution in [2.24, 2.45) is 17.6 Å². The number of hydrogen-bond donors (Lipinski definition) is 2. The third kappa shape index (κ3) is 2.95. The van der Waals surface area contributed by atoms with E-state index in [0.29, 0.717) is 12.1 Å². The summed E-state index contributed by atoms with van der Waals surface area (Å²) >= 11 is 0. The van der Waals surface area contributed by atoms with Gasteiger partial charge in [-0.3, -0.25) is 5.73 Å². The number of alkyl halides is 1. The highest BCUT2D eigenvalue weighted by molar-refractivity contribution is 4.72. The number of piperidine rings is 1. The first kappa shape index (κ1) is 12.3. The van der Waals surface area contributed by atoms with E-state index in [9.17, 15) is 4.39 Å². The summed E-state index contributed by atoms with van der Waals surface area (Å²) in [6, 6.07) is 0. The molecule has 0 aromatic carbocycles. The van der Waals surface area contributed by atoms with Crippen LogP contribution in [0.1, 0.15) is 45.4 Å². The zero-order chi connectivity index (χ0) is 11.5. The van der Waals surface area contributed by atoms with E-state index in [2.05, 4.69) is 6.92 Å². The van der Waals surface area contributed by atoms with Crippen LogP contribution >= 0.6 is 0 Å². The SMILES string of the molecule is CC1CCC[NH+](CC2CCC(F)CC2)C1N. The molecule has 1 aliphatic heterocycles. The van der Waals surface area contributed by atoms with Gasteiger partial charge in [0.1, 0.15) is 12.3 Å². The maximum absolute atomic E-state index is 13.0. The van der Waals surface area contributed by atoms with Crippen molar-refractivity contribution in [3.05, 3.63) is 0 Å². The molecule has 2 nitrogen and oxygen atoms in total. The minimum absolute atomic E-state index is 0.317. The average molecular weight is 229 g/mol. The summed E-state index contributed by atoms with van der Waals surface area (Å²) in [6.07, 6.45) is 6.09. The Labute approximate surface area is 98.4 Å². The van der Waals surface area contributed by atoms with Crippen molar-refractivity contribution < 1.29 is 9.29 Å². The molecule has 0 spiro atoms. The molecule has 1 saturated carbocycles. The quantitative estimate of drug-likeness (QED) is 0.730. The zero-order valence-corrected chi connectivity index (χ0v) is 10.4. The van der Waals surface area contributed by atoms with Gasteiger partial charge < -0.3 is 4.90 Å². The normalized spacial score (nSPS) is 45.6. The first-order valence-electron chi connectivity index (χ1n) is 6.91. The third-order valence-corrected chi connectivity index (χ3v) is 4.57. The van der Waals surface area contributed by atoms with Gasteiger partial charge in [-0.05, 0) is 38.5 Å². The molecule has 0 radical (unpaired) electrons. The molecule has 2 aliphatic rings. The third-order valence-electron chi connectivity index (χ3n) is 4.57. The number of hydrogen-bond acceptors (Lipinski definition) is 1. The molecular formula is C13H26FN2+. The second-order valence-corrected chi connectivity index (χ2v) is 5.88. The predicted molar refractivity (Wildman–Crippen MR) is 63.9 cm³/mol. The fourth-order valence-electron chi connectivity index (χ4n) is 3.33. The van der Waals surface area contributed by atoms with E-state index in [4.69, 9.17) is 5.73 Å². The Kier molecular flexibility index (Phi) is 4.20. The van der Waals surface area contributed by atoms with E-state index in [1.165, 1.54) is 25.9 Å². The van der Waals surface area contributed by atoms with E-state index in [-0.39, 0.29) is 0 Å². The summed E-state index contributed by atoms with van der Waals surface area (Å²) < 4.78 is 13.0.